The number of rotatable bonds is 3. The SMILES string of the molecule is O=C(O)NC1CC(NC(=O)c2ncc(Br)s2)C1. The van der Waals surface area contributed by atoms with Crippen molar-refractivity contribution < 1.29 is 14.7 Å². The number of halogens is 1. The minimum absolute atomic E-state index is 0.0297. The molecule has 6 nitrogen and oxygen atoms in total. The van der Waals surface area contributed by atoms with Crippen LogP contribution < -0.4 is 10.6 Å². The first kappa shape index (κ1) is 12.3. The van der Waals surface area contributed by atoms with Crippen LogP contribution in [0, 0.1) is 0 Å². The summed E-state index contributed by atoms with van der Waals surface area (Å²) in [4.78, 5) is 26.0. The van der Waals surface area contributed by atoms with Crippen molar-refractivity contribution in [1.29, 1.82) is 0 Å². The summed E-state index contributed by atoms with van der Waals surface area (Å²) >= 11 is 4.50. The predicted molar refractivity (Wildman–Crippen MR) is 65.3 cm³/mol. The topological polar surface area (TPSA) is 91.3 Å². The highest BCUT2D eigenvalue weighted by molar-refractivity contribution is 9.11. The Labute approximate surface area is 110 Å². The molecule has 1 fully saturated rings. The van der Waals surface area contributed by atoms with E-state index in [1.807, 2.05) is 0 Å². The van der Waals surface area contributed by atoms with Gasteiger partial charge in [0, 0.05) is 12.1 Å². The molecule has 0 spiro atoms. The maximum atomic E-state index is 11.7. The summed E-state index contributed by atoms with van der Waals surface area (Å²) in [5.74, 6) is -0.209. The molecule has 1 aliphatic rings. The number of nitrogens with one attached hydrogen (secondary N) is 2. The van der Waals surface area contributed by atoms with Crippen molar-refractivity contribution in [3.05, 3.63) is 15.0 Å². The number of carbonyl (C=O) groups excluding carboxylic acids is 1. The van der Waals surface area contributed by atoms with Crippen molar-refractivity contribution in [2.24, 2.45) is 0 Å². The highest BCUT2D eigenvalue weighted by Gasteiger charge is 2.31. The van der Waals surface area contributed by atoms with Gasteiger partial charge >= 0.3 is 6.09 Å². The molecule has 0 radical (unpaired) electrons. The standard InChI is InChI=1S/C9H10BrN3O3S/c10-6-3-11-8(17-6)7(14)12-4-1-5(2-4)13-9(15)16/h3-5,13H,1-2H2,(H,12,14)(H,15,16). The molecule has 8 heteroatoms. The van der Waals surface area contributed by atoms with Crippen LogP contribution >= 0.6 is 27.3 Å². The summed E-state index contributed by atoms with van der Waals surface area (Å²) < 4.78 is 0.807. The zero-order valence-corrected chi connectivity index (χ0v) is 11.0. The van der Waals surface area contributed by atoms with Crippen molar-refractivity contribution in [2.75, 3.05) is 0 Å². The van der Waals surface area contributed by atoms with Crippen molar-refractivity contribution in [1.82, 2.24) is 15.6 Å². The fourth-order valence-electron chi connectivity index (χ4n) is 1.63. The van der Waals surface area contributed by atoms with Crippen LogP contribution in [0.1, 0.15) is 22.6 Å². The molecule has 0 bridgehead atoms. The van der Waals surface area contributed by atoms with E-state index in [4.69, 9.17) is 5.11 Å². The minimum Gasteiger partial charge on any atom is -0.465 e. The first-order valence-electron chi connectivity index (χ1n) is 4.96. The van der Waals surface area contributed by atoms with Gasteiger partial charge in [0.2, 0.25) is 0 Å². The summed E-state index contributed by atoms with van der Waals surface area (Å²) in [6.07, 6.45) is 1.81. The van der Waals surface area contributed by atoms with E-state index in [1.165, 1.54) is 11.3 Å². The Morgan fingerprint density at radius 1 is 1.41 bits per heavy atom. The largest absolute Gasteiger partial charge is 0.465 e. The number of aromatic nitrogens is 1. The molecule has 92 valence electrons. The van der Waals surface area contributed by atoms with Gasteiger partial charge < -0.3 is 15.7 Å². The molecule has 0 saturated heterocycles. The highest BCUT2D eigenvalue weighted by atomic mass is 79.9. The molecule has 1 aliphatic carbocycles. The molecule has 0 unspecified atom stereocenters. The summed E-state index contributed by atoms with van der Waals surface area (Å²) in [5.41, 5.74) is 0. The lowest BCUT2D eigenvalue weighted by molar-refractivity contribution is 0.0902. The second-order valence-electron chi connectivity index (χ2n) is 3.76. The molecule has 1 aromatic heterocycles. The van der Waals surface area contributed by atoms with Gasteiger partial charge in [-0.05, 0) is 28.8 Å². The van der Waals surface area contributed by atoms with Crippen molar-refractivity contribution >= 4 is 39.3 Å². The zero-order valence-electron chi connectivity index (χ0n) is 8.64. The van der Waals surface area contributed by atoms with E-state index in [2.05, 4.69) is 31.5 Å². The quantitative estimate of drug-likeness (QED) is 0.786. The second kappa shape index (κ2) is 5.01. The smallest absolute Gasteiger partial charge is 0.404 e. The molecule has 1 saturated carbocycles. The summed E-state index contributed by atoms with van der Waals surface area (Å²) in [6.45, 7) is 0. The molecule has 1 aromatic rings. The van der Waals surface area contributed by atoms with Crippen LogP contribution in [-0.2, 0) is 0 Å². The van der Waals surface area contributed by atoms with E-state index in [1.54, 1.807) is 6.20 Å². The van der Waals surface area contributed by atoms with Gasteiger partial charge in [0.25, 0.3) is 5.91 Å². The third-order valence-corrected chi connectivity index (χ3v) is 3.95. The lowest BCUT2D eigenvalue weighted by Gasteiger charge is -2.35. The van der Waals surface area contributed by atoms with Gasteiger partial charge in [0.15, 0.2) is 5.01 Å². The van der Waals surface area contributed by atoms with Crippen molar-refractivity contribution in [3.8, 4) is 0 Å². The van der Waals surface area contributed by atoms with Gasteiger partial charge in [0.1, 0.15) is 0 Å². The van der Waals surface area contributed by atoms with Crippen LogP contribution in [0.3, 0.4) is 0 Å². The Kier molecular flexibility index (Phi) is 3.63. The maximum absolute atomic E-state index is 11.7. The molecule has 17 heavy (non-hydrogen) atoms. The first-order valence-corrected chi connectivity index (χ1v) is 6.57. The summed E-state index contributed by atoms with van der Waals surface area (Å²) in [5, 5.41) is 14.1. The second-order valence-corrected chi connectivity index (χ2v) is 6.17. The maximum Gasteiger partial charge on any atom is 0.404 e. The molecular formula is C9H10BrN3O3S. The number of carbonyl (C=O) groups is 2. The number of hydrogen-bond acceptors (Lipinski definition) is 4. The van der Waals surface area contributed by atoms with Crippen LogP contribution in [0.2, 0.25) is 0 Å². The summed E-state index contributed by atoms with van der Waals surface area (Å²) in [7, 11) is 0. The lowest BCUT2D eigenvalue weighted by Crippen LogP contribution is -2.53. The average Bonchev–Trinajstić information content (AvgIpc) is 2.60. The van der Waals surface area contributed by atoms with Crippen molar-refractivity contribution in [2.45, 2.75) is 24.9 Å². The molecule has 0 aromatic carbocycles. The van der Waals surface area contributed by atoms with Crippen LogP contribution in [0.15, 0.2) is 9.98 Å². The van der Waals surface area contributed by atoms with E-state index in [0.29, 0.717) is 17.8 Å². The Bertz CT molecular complexity index is 444. The monoisotopic (exact) mass is 319 g/mol. The molecule has 2 rings (SSSR count). The Hall–Kier alpha value is -1.15. The van der Waals surface area contributed by atoms with Gasteiger partial charge in [-0.2, -0.15) is 0 Å². The molecule has 2 amide bonds. The predicted octanol–water partition coefficient (Wildman–Crippen LogP) is 1.43. The summed E-state index contributed by atoms with van der Waals surface area (Å²) in [6, 6.07) is -0.0251. The van der Waals surface area contributed by atoms with Gasteiger partial charge in [-0.15, -0.1) is 11.3 Å². The van der Waals surface area contributed by atoms with Crippen LogP contribution in [-0.4, -0.2) is 34.2 Å². The molecule has 0 atom stereocenters. The van der Waals surface area contributed by atoms with E-state index < -0.39 is 6.09 Å². The Morgan fingerprint density at radius 3 is 2.59 bits per heavy atom. The number of carboxylic acid groups (broad SMARTS) is 1. The molecule has 3 N–H and O–H groups in total. The van der Waals surface area contributed by atoms with Gasteiger partial charge in [-0.3, -0.25) is 4.79 Å². The van der Waals surface area contributed by atoms with Crippen LogP contribution in [0.4, 0.5) is 4.79 Å². The van der Waals surface area contributed by atoms with Crippen LogP contribution in [0.5, 0.6) is 0 Å². The highest BCUT2D eigenvalue weighted by Crippen LogP contribution is 2.22. The van der Waals surface area contributed by atoms with E-state index >= 15 is 0 Å². The minimum atomic E-state index is -1.02. The van der Waals surface area contributed by atoms with E-state index in [0.717, 1.165) is 3.79 Å². The van der Waals surface area contributed by atoms with Crippen molar-refractivity contribution in [3.63, 3.8) is 0 Å². The molecular weight excluding hydrogens is 310 g/mol. The fourth-order valence-corrected chi connectivity index (χ4v) is 2.74. The lowest BCUT2D eigenvalue weighted by atomic mass is 9.87. The number of thiazole rings is 1. The number of hydrogen-bond donors (Lipinski definition) is 3. The zero-order chi connectivity index (χ0) is 12.4. The number of nitrogens with zero attached hydrogens (tertiary/aromatic N) is 1. The molecule has 0 aliphatic heterocycles. The fraction of sp³-hybridized carbons (Fsp3) is 0.444. The van der Waals surface area contributed by atoms with E-state index in [9.17, 15) is 9.59 Å². The van der Waals surface area contributed by atoms with Gasteiger partial charge in [-0.25, -0.2) is 9.78 Å². The average molecular weight is 320 g/mol. The molecule has 1 heterocycles. The van der Waals surface area contributed by atoms with E-state index in [-0.39, 0.29) is 18.0 Å². The van der Waals surface area contributed by atoms with Gasteiger partial charge in [-0.1, -0.05) is 0 Å². The normalized spacial score (nSPS) is 22.6. The third kappa shape index (κ3) is 3.16. The number of amides is 2. The Morgan fingerprint density at radius 2 is 2.06 bits per heavy atom. The first-order chi connectivity index (χ1) is 8.04. The third-order valence-electron chi connectivity index (χ3n) is 2.47. The Balaban J connectivity index is 1.77. The van der Waals surface area contributed by atoms with Crippen LogP contribution in [0.25, 0.3) is 0 Å². The van der Waals surface area contributed by atoms with Gasteiger partial charge in [0.05, 0.1) is 9.98 Å².